The normalized spacial score (nSPS) is 11.0. The highest BCUT2D eigenvalue weighted by molar-refractivity contribution is 5.41. The van der Waals surface area contributed by atoms with Gasteiger partial charge < -0.3 is 0 Å². The molecular formula is C10H14. The van der Waals surface area contributed by atoms with Crippen molar-refractivity contribution in [1.29, 1.82) is 0 Å². The van der Waals surface area contributed by atoms with Crippen molar-refractivity contribution < 1.29 is 0 Å². The molecule has 0 radical (unpaired) electrons. The van der Waals surface area contributed by atoms with E-state index in [0.29, 0.717) is 0 Å². The van der Waals surface area contributed by atoms with Crippen LogP contribution in [0.2, 0.25) is 0 Å². The third-order valence-electron chi connectivity index (χ3n) is 1.15. The van der Waals surface area contributed by atoms with E-state index in [9.17, 15) is 0 Å². The lowest BCUT2D eigenvalue weighted by Gasteiger charge is -1.95. The topological polar surface area (TPSA) is 0 Å². The first kappa shape index (κ1) is 8.96. The highest BCUT2D eigenvalue weighted by Crippen LogP contribution is 2.07. The average molecular weight is 134 g/mol. The van der Waals surface area contributed by atoms with Crippen molar-refractivity contribution in [3.63, 3.8) is 0 Å². The zero-order valence-corrected chi connectivity index (χ0v) is 6.72. The minimum Gasteiger partial charge on any atom is -0.0912 e. The molecule has 0 aliphatic rings. The molecule has 54 valence electrons. The lowest BCUT2D eigenvalue weighted by Crippen LogP contribution is -1.75. The summed E-state index contributed by atoms with van der Waals surface area (Å²) in [5.74, 6) is 0. The smallest absolute Gasteiger partial charge is 0.0265 e. The maximum absolute atomic E-state index is 3.83. The summed E-state index contributed by atoms with van der Waals surface area (Å²) in [6.07, 6.45) is 7.80. The van der Waals surface area contributed by atoms with E-state index in [0.717, 1.165) is 11.1 Å². The van der Waals surface area contributed by atoms with Gasteiger partial charge in [-0.25, -0.2) is 0 Å². The Bertz CT molecular complexity index is 158. The zero-order valence-electron chi connectivity index (χ0n) is 6.72. The molecule has 0 aliphatic heterocycles. The first-order valence-corrected chi connectivity index (χ1v) is 3.36. The van der Waals surface area contributed by atoms with Crippen molar-refractivity contribution in [2.75, 3.05) is 0 Å². The molecule has 0 amide bonds. The molecule has 0 aromatic rings. The Morgan fingerprint density at radius 1 is 0.900 bits per heavy atom. The van der Waals surface area contributed by atoms with Gasteiger partial charge in [-0.2, -0.15) is 0 Å². The van der Waals surface area contributed by atoms with E-state index < -0.39 is 0 Å². The molecule has 0 rings (SSSR count). The molecule has 10 heavy (non-hydrogen) atoms. The van der Waals surface area contributed by atoms with Gasteiger partial charge in [-0.05, 0) is 25.0 Å². The van der Waals surface area contributed by atoms with Crippen LogP contribution in [0.3, 0.4) is 0 Å². The van der Waals surface area contributed by atoms with Gasteiger partial charge in [0.15, 0.2) is 0 Å². The molecule has 0 unspecified atom stereocenters. The second kappa shape index (κ2) is 4.80. The first-order valence-electron chi connectivity index (χ1n) is 3.36. The van der Waals surface area contributed by atoms with Crippen LogP contribution in [-0.2, 0) is 0 Å². The fourth-order valence-corrected chi connectivity index (χ4v) is 0.616. The lowest BCUT2D eigenvalue weighted by molar-refractivity contribution is 1.55. The second-order valence-corrected chi connectivity index (χ2v) is 2.05. The fraction of sp³-hybridized carbons (Fsp3) is 0.200. The molecule has 0 aromatic heterocycles. The molecule has 0 aliphatic carbocycles. The fourth-order valence-electron chi connectivity index (χ4n) is 0.616. The second-order valence-electron chi connectivity index (χ2n) is 2.05. The van der Waals surface area contributed by atoms with Crippen LogP contribution in [0.4, 0.5) is 0 Å². The Kier molecular flexibility index (Phi) is 4.30. The van der Waals surface area contributed by atoms with Gasteiger partial charge in [0.25, 0.3) is 0 Å². The summed E-state index contributed by atoms with van der Waals surface area (Å²) in [6.45, 7) is 11.6. The van der Waals surface area contributed by atoms with E-state index in [1.807, 2.05) is 38.2 Å². The molecule has 0 fully saturated rings. The molecule has 0 aromatic carbocycles. The summed E-state index contributed by atoms with van der Waals surface area (Å²) in [7, 11) is 0. The maximum atomic E-state index is 3.83. The molecule has 0 spiro atoms. The summed E-state index contributed by atoms with van der Waals surface area (Å²) in [5.41, 5.74) is 1.95. The van der Waals surface area contributed by atoms with Gasteiger partial charge in [0.2, 0.25) is 0 Å². The van der Waals surface area contributed by atoms with E-state index in [-0.39, 0.29) is 0 Å². The Labute approximate surface area is 63.3 Å². The summed E-state index contributed by atoms with van der Waals surface area (Å²) >= 11 is 0. The zero-order chi connectivity index (χ0) is 7.98. The largest absolute Gasteiger partial charge is 0.0912 e. The summed E-state index contributed by atoms with van der Waals surface area (Å²) in [5, 5.41) is 0. The first-order chi connectivity index (χ1) is 4.72. The quantitative estimate of drug-likeness (QED) is 0.520. The van der Waals surface area contributed by atoms with E-state index in [2.05, 4.69) is 13.2 Å². The summed E-state index contributed by atoms with van der Waals surface area (Å²) in [6, 6.07) is 0. The van der Waals surface area contributed by atoms with Crippen LogP contribution in [0.25, 0.3) is 0 Å². The maximum Gasteiger partial charge on any atom is -0.0265 e. The molecule has 0 saturated heterocycles. The van der Waals surface area contributed by atoms with Gasteiger partial charge in [-0.1, -0.05) is 37.5 Å². The van der Waals surface area contributed by atoms with Crippen LogP contribution < -0.4 is 0 Å². The Morgan fingerprint density at radius 2 is 1.20 bits per heavy atom. The van der Waals surface area contributed by atoms with Crippen molar-refractivity contribution in [2.45, 2.75) is 13.8 Å². The van der Waals surface area contributed by atoms with E-state index in [1.165, 1.54) is 0 Å². The van der Waals surface area contributed by atoms with Crippen molar-refractivity contribution in [3.05, 3.63) is 48.6 Å². The minimum absolute atomic E-state index is 0.973. The van der Waals surface area contributed by atoms with E-state index >= 15 is 0 Å². The van der Waals surface area contributed by atoms with Gasteiger partial charge in [-0.15, -0.1) is 0 Å². The summed E-state index contributed by atoms with van der Waals surface area (Å²) < 4.78 is 0. The molecule has 0 bridgehead atoms. The van der Waals surface area contributed by atoms with E-state index in [1.54, 1.807) is 0 Å². The standard InChI is InChI=1S/C10H14/c1-5-7-9(3)10(4)8-6-2/h5-8H,3-4H2,1-2H3/b7-5-,8-6-. The van der Waals surface area contributed by atoms with Crippen molar-refractivity contribution in [2.24, 2.45) is 0 Å². The minimum atomic E-state index is 0.973. The Balaban J connectivity index is 4.09. The third-order valence-corrected chi connectivity index (χ3v) is 1.15. The molecule has 0 atom stereocenters. The van der Waals surface area contributed by atoms with Crippen LogP contribution >= 0.6 is 0 Å². The Morgan fingerprint density at radius 3 is 1.40 bits per heavy atom. The predicted molar refractivity (Wildman–Crippen MR) is 47.9 cm³/mol. The number of allylic oxidation sites excluding steroid dienone is 6. The lowest BCUT2D eigenvalue weighted by atomic mass is 10.1. The predicted octanol–water partition coefficient (Wildman–Crippen LogP) is 3.25. The third kappa shape index (κ3) is 3.08. The SMILES string of the molecule is C=C(/C=C\C)C(=C)/C=C\C. The number of rotatable bonds is 3. The van der Waals surface area contributed by atoms with Crippen molar-refractivity contribution >= 4 is 0 Å². The molecule has 0 N–H and O–H groups in total. The van der Waals surface area contributed by atoms with Gasteiger partial charge in [0, 0.05) is 0 Å². The van der Waals surface area contributed by atoms with Gasteiger partial charge in [0.1, 0.15) is 0 Å². The number of hydrogen-bond acceptors (Lipinski definition) is 0. The molecule has 0 heteroatoms. The van der Waals surface area contributed by atoms with Crippen LogP contribution in [0.15, 0.2) is 48.6 Å². The number of hydrogen-bond donors (Lipinski definition) is 0. The highest BCUT2D eigenvalue weighted by Gasteiger charge is 1.87. The van der Waals surface area contributed by atoms with Crippen LogP contribution in [0.5, 0.6) is 0 Å². The van der Waals surface area contributed by atoms with Crippen LogP contribution in [-0.4, -0.2) is 0 Å². The molecule has 0 heterocycles. The molecular weight excluding hydrogens is 120 g/mol. The summed E-state index contributed by atoms with van der Waals surface area (Å²) in [4.78, 5) is 0. The monoisotopic (exact) mass is 134 g/mol. The Hall–Kier alpha value is -1.04. The van der Waals surface area contributed by atoms with Crippen LogP contribution in [0.1, 0.15) is 13.8 Å². The van der Waals surface area contributed by atoms with Crippen molar-refractivity contribution in [3.8, 4) is 0 Å². The van der Waals surface area contributed by atoms with Crippen LogP contribution in [0, 0.1) is 0 Å². The van der Waals surface area contributed by atoms with Gasteiger partial charge in [-0.3, -0.25) is 0 Å². The molecule has 0 nitrogen and oxygen atoms in total. The highest BCUT2D eigenvalue weighted by atomic mass is 13.9. The molecule has 0 saturated carbocycles. The average Bonchev–Trinajstić information content (AvgIpc) is 1.89. The van der Waals surface area contributed by atoms with E-state index in [4.69, 9.17) is 0 Å². The van der Waals surface area contributed by atoms with Crippen molar-refractivity contribution in [1.82, 2.24) is 0 Å². The van der Waals surface area contributed by atoms with Gasteiger partial charge >= 0.3 is 0 Å². The van der Waals surface area contributed by atoms with Gasteiger partial charge in [0.05, 0.1) is 0 Å².